The summed E-state index contributed by atoms with van der Waals surface area (Å²) in [5.74, 6) is -1.58. The van der Waals surface area contributed by atoms with Crippen LogP contribution in [0.25, 0.3) is 0 Å². The predicted molar refractivity (Wildman–Crippen MR) is 157 cm³/mol. The van der Waals surface area contributed by atoms with Crippen LogP contribution < -0.4 is 5.73 Å². The Morgan fingerprint density at radius 3 is 1.82 bits per heavy atom. The maximum Gasteiger partial charge on any atom is 0.306 e. The molecule has 0 aromatic rings. The molecule has 0 aromatic heterocycles. The minimum absolute atomic E-state index is 0.0495. The number of aliphatic hydroxyl groups excluding tert-OH is 12. The second-order valence-electron chi connectivity index (χ2n) is 12.8. The Kier molecular flexibility index (Phi) is 14.8. The molecular formula is C28H49NO22. The number of aliphatic carboxylic acids is 1. The van der Waals surface area contributed by atoms with Crippen molar-refractivity contribution in [3.05, 3.63) is 0 Å². The van der Waals surface area contributed by atoms with E-state index in [-0.39, 0.29) is 13.2 Å². The molecule has 0 amide bonds. The summed E-state index contributed by atoms with van der Waals surface area (Å²) in [5, 5.41) is 135. The maximum absolute atomic E-state index is 11.9. The van der Waals surface area contributed by atoms with Crippen LogP contribution in [0, 0.1) is 0 Å². The summed E-state index contributed by atoms with van der Waals surface area (Å²) in [7, 11) is 0. The molecule has 10 unspecified atom stereocenters. The third kappa shape index (κ3) is 8.80. The first-order valence-electron chi connectivity index (χ1n) is 16.1. The predicted octanol–water partition coefficient (Wildman–Crippen LogP) is -8.89. The summed E-state index contributed by atoms with van der Waals surface area (Å²) in [5.41, 5.74) is 0.864. The standard InChI is InChI=1S/C28H49NO22/c29-2-4-44-23-17(39)15(37)20(11(7-32)48-23)49-24-18(40)22(43)28(9-45-24,5-12(33)34)50-25-19(41)21(42)27(1-3-30,8-46-25)51-26-16(38)14(36)13(35)10(6-31)47-26/h10-11,13-26,30-32,35-43H,1-9,29H2,(H,33,34)/t10?,11?,13-,14?,15?,16?,17?,18?,19?,20-,21?,22?,23-,24+,25-,26-,27-,28-/m1/s1. The van der Waals surface area contributed by atoms with E-state index < -0.39 is 161 Å². The molecule has 0 aromatic carbocycles. The van der Waals surface area contributed by atoms with E-state index in [1.165, 1.54) is 0 Å². The summed E-state index contributed by atoms with van der Waals surface area (Å²) < 4.78 is 44.1. The molecule has 15 N–H and O–H groups in total. The van der Waals surface area contributed by atoms with Crippen LogP contribution in [0.4, 0.5) is 0 Å². The summed E-state index contributed by atoms with van der Waals surface area (Å²) in [4.78, 5) is 11.9. The third-order valence-electron chi connectivity index (χ3n) is 9.31. The van der Waals surface area contributed by atoms with Gasteiger partial charge in [-0.05, 0) is 0 Å². The lowest BCUT2D eigenvalue weighted by Crippen LogP contribution is -2.70. The van der Waals surface area contributed by atoms with Crippen molar-refractivity contribution in [2.45, 2.75) is 122 Å². The summed E-state index contributed by atoms with van der Waals surface area (Å²) in [6, 6.07) is 0. The Hall–Kier alpha value is -1.37. The number of rotatable bonds is 15. The molecule has 0 spiro atoms. The van der Waals surface area contributed by atoms with Gasteiger partial charge < -0.3 is 110 Å². The second kappa shape index (κ2) is 17.8. The molecule has 4 fully saturated rings. The topological polar surface area (TPSA) is 380 Å². The molecule has 298 valence electrons. The average Bonchev–Trinajstić information content (AvgIpc) is 3.10. The first-order chi connectivity index (χ1) is 24.1. The van der Waals surface area contributed by atoms with Crippen molar-refractivity contribution < 1.29 is 109 Å². The zero-order valence-corrected chi connectivity index (χ0v) is 27.2. The van der Waals surface area contributed by atoms with Gasteiger partial charge in [0.05, 0.1) is 39.5 Å². The highest BCUT2D eigenvalue weighted by atomic mass is 16.8. The summed E-state index contributed by atoms with van der Waals surface area (Å²) >= 11 is 0. The Morgan fingerprint density at radius 2 is 1.22 bits per heavy atom. The van der Waals surface area contributed by atoms with Crippen molar-refractivity contribution in [1.29, 1.82) is 0 Å². The van der Waals surface area contributed by atoms with Crippen LogP contribution in [0.5, 0.6) is 0 Å². The molecule has 0 radical (unpaired) electrons. The van der Waals surface area contributed by atoms with Crippen LogP contribution in [0.2, 0.25) is 0 Å². The number of carboxylic acids is 1. The van der Waals surface area contributed by atoms with Gasteiger partial charge in [0.2, 0.25) is 0 Å². The van der Waals surface area contributed by atoms with Crippen LogP contribution in [0.15, 0.2) is 0 Å². The van der Waals surface area contributed by atoms with Gasteiger partial charge in [0.25, 0.3) is 0 Å². The number of ether oxygens (including phenoxy) is 8. The lowest BCUT2D eigenvalue weighted by molar-refractivity contribution is -0.399. The van der Waals surface area contributed by atoms with Gasteiger partial charge in [-0.1, -0.05) is 0 Å². The first kappa shape index (κ1) is 42.4. The molecule has 4 aliphatic heterocycles. The van der Waals surface area contributed by atoms with E-state index in [1.54, 1.807) is 0 Å². The van der Waals surface area contributed by atoms with E-state index in [4.69, 9.17) is 43.6 Å². The number of aliphatic hydroxyl groups is 12. The van der Waals surface area contributed by atoms with Crippen molar-refractivity contribution in [1.82, 2.24) is 0 Å². The van der Waals surface area contributed by atoms with Crippen molar-refractivity contribution in [3.63, 3.8) is 0 Å². The number of hydrogen-bond donors (Lipinski definition) is 14. The Morgan fingerprint density at radius 1 is 0.667 bits per heavy atom. The molecule has 4 rings (SSSR count). The van der Waals surface area contributed by atoms with E-state index >= 15 is 0 Å². The Bertz CT molecular complexity index is 1110. The van der Waals surface area contributed by atoms with Crippen LogP contribution >= 0.6 is 0 Å². The van der Waals surface area contributed by atoms with Gasteiger partial charge in [-0.3, -0.25) is 4.79 Å². The zero-order chi connectivity index (χ0) is 37.8. The smallest absolute Gasteiger partial charge is 0.306 e. The summed E-state index contributed by atoms with van der Waals surface area (Å²) in [6.45, 7) is -3.95. The van der Waals surface area contributed by atoms with E-state index in [1.807, 2.05) is 0 Å². The van der Waals surface area contributed by atoms with Crippen molar-refractivity contribution >= 4 is 5.97 Å². The highest BCUT2D eigenvalue weighted by molar-refractivity contribution is 5.68. The molecule has 23 nitrogen and oxygen atoms in total. The Balaban J connectivity index is 1.49. The van der Waals surface area contributed by atoms with Gasteiger partial charge in [-0.25, -0.2) is 0 Å². The molecular weight excluding hydrogens is 702 g/mol. The first-order valence-corrected chi connectivity index (χ1v) is 16.1. The highest BCUT2D eigenvalue weighted by Gasteiger charge is 2.60. The number of carboxylic acid groups (broad SMARTS) is 1. The van der Waals surface area contributed by atoms with E-state index in [9.17, 15) is 71.2 Å². The van der Waals surface area contributed by atoms with Gasteiger partial charge in [0.15, 0.2) is 25.2 Å². The summed E-state index contributed by atoms with van der Waals surface area (Å²) in [6.07, 6.45) is -30.6. The molecule has 4 saturated heterocycles. The fourth-order valence-corrected chi connectivity index (χ4v) is 6.41. The number of nitrogens with two attached hydrogens (primary N) is 1. The van der Waals surface area contributed by atoms with Crippen LogP contribution in [0.1, 0.15) is 12.8 Å². The second-order valence-corrected chi connectivity index (χ2v) is 12.8. The van der Waals surface area contributed by atoms with Gasteiger partial charge in [-0.2, -0.15) is 0 Å². The quantitative estimate of drug-likeness (QED) is 0.0738. The molecule has 51 heavy (non-hydrogen) atoms. The van der Waals surface area contributed by atoms with Crippen LogP contribution in [0.3, 0.4) is 0 Å². The van der Waals surface area contributed by atoms with Crippen molar-refractivity contribution in [2.24, 2.45) is 5.73 Å². The van der Waals surface area contributed by atoms with Gasteiger partial charge in [0.1, 0.15) is 84.4 Å². The molecule has 4 heterocycles. The lowest BCUT2D eigenvalue weighted by atomic mass is 9.85. The Labute approximate surface area is 289 Å². The van der Waals surface area contributed by atoms with Gasteiger partial charge in [0, 0.05) is 19.6 Å². The van der Waals surface area contributed by atoms with E-state index in [0.29, 0.717) is 0 Å². The molecule has 23 heteroatoms. The third-order valence-corrected chi connectivity index (χ3v) is 9.31. The van der Waals surface area contributed by atoms with Crippen LogP contribution in [-0.4, -0.2) is 228 Å². The molecule has 4 aliphatic rings. The maximum atomic E-state index is 11.9. The monoisotopic (exact) mass is 751 g/mol. The number of hydrogen-bond acceptors (Lipinski definition) is 22. The minimum atomic E-state index is -2.41. The van der Waals surface area contributed by atoms with E-state index in [0.717, 1.165) is 0 Å². The number of carbonyl (C=O) groups is 1. The van der Waals surface area contributed by atoms with Crippen LogP contribution in [-0.2, 0) is 42.7 Å². The lowest BCUT2D eigenvalue weighted by Gasteiger charge is -2.52. The molecule has 0 saturated carbocycles. The highest BCUT2D eigenvalue weighted by Crippen LogP contribution is 2.40. The minimum Gasteiger partial charge on any atom is -0.481 e. The largest absolute Gasteiger partial charge is 0.481 e. The van der Waals surface area contributed by atoms with Gasteiger partial charge >= 0.3 is 5.97 Å². The van der Waals surface area contributed by atoms with Gasteiger partial charge in [-0.15, -0.1) is 0 Å². The zero-order valence-electron chi connectivity index (χ0n) is 27.2. The normalized spacial score (nSPS) is 48.0. The molecule has 0 aliphatic carbocycles. The molecule has 0 bridgehead atoms. The fourth-order valence-electron chi connectivity index (χ4n) is 6.41. The average molecular weight is 752 g/mol. The SMILES string of the molecule is NCCO[C@@H]1OC(CO)[C@@H](O[C@@H]2OC[C@@](CC(=O)O)(O[C@H]3OC[C@@](CCO)(O[C@H]4OC(CO)[C@@H](O)C(O)C4O)C(O)C3O)C(O)C2O)C(O)C1O. The fraction of sp³-hybridized carbons (Fsp3) is 0.964. The van der Waals surface area contributed by atoms with Crippen molar-refractivity contribution in [3.8, 4) is 0 Å². The molecule has 18 atom stereocenters. The van der Waals surface area contributed by atoms with Crippen molar-refractivity contribution in [2.75, 3.05) is 46.2 Å². The van der Waals surface area contributed by atoms with E-state index in [2.05, 4.69) is 0 Å².